The lowest BCUT2D eigenvalue weighted by molar-refractivity contribution is -0.155. The van der Waals surface area contributed by atoms with E-state index in [1.165, 1.54) is 4.90 Å². The molecule has 0 saturated heterocycles. The molecule has 4 nitrogen and oxygen atoms in total. The van der Waals surface area contributed by atoms with E-state index in [0.29, 0.717) is 11.4 Å². The van der Waals surface area contributed by atoms with Crippen molar-refractivity contribution in [3.63, 3.8) is 0 Å². The van der Waals surface area contributed by atoms with Crippen molar-refractivity contribution in [1.29, 1.82) is 0 Å². The summed E-state index contributed by atoms with van der Waals surface area (Å²) in [7, 11) is 0. The molecule has 2 rings (SSSR count). The Morgan fingerprint density at radius 3 is 2.55 bits per heavy atom. The fourth-order valence-electron chi connectivity index (χ4n) is 2.45. The third kappa shape index (κ3) is 3.84. The fraction of sp³-hybridized carbons (Fsp3) is 0.533. The molecule has 22 heavy (non-hydrogen) atoms. The minimum absolute atomic E-state index is 0.0340. The molecule has 122 valence electrons. The van der Waals surface area contributed by atoms with Gasteiger partial charge < -0.3 is 15.5 Å². The zero-order valence-electron chi connectivity index (χ0n) is 12.8. The van der Waals surface area contributed by atoms with Gasteiger partial charge in [-0.05, 0) is 32.9 Å². The third-order valence-corrected chi connectivity index (χ3v) is 3.30. The summed E-state index contributed by atoms with van der Waals surface area (Å²) in [5.41, 5.74) is 0.551. The highest BCUT2D eigenvalue weighted by atomic mass is 19.4. The Morgan fingerprint density at radius 2 is 1.95 bits per heavy atom. The van der Waals surface area contributed by atoms with Gasteiger partial charge in [0, 0.05) is 5.54 Å². The van der Waals surface area contributed by atoms with Crippen molar-refractivity contribution < 1.29 is 18.0 Å². The second-order valence-electron chi connectivity index (χ2n) is 6.38. The van der Waals surface area contributed by atoms with Gasteiger partial charge in [-0.3, -0.25) is 4.79 Å². The zero-order chi connectivity index (χ0) is 16.5. The molecule has 1 aliphatic rings. The Kier molecular flexibility index (Phi) is 4.26. The van der Waals surface area contributed by atoms with Crippen LogP contribution in [0, 0.1) is 0 Å². The number of carbonyl (C=O) groups excluding carboxylic acids is 1. The van der Waals surface area contributed by atoms with Gasteiger partial charge in [0.05, 0.1) is 24.5 Å². The maximum atomic E-state index is 13.4. The average Bonchev–Trinajstić information content (AvgIpc) is 2.76. The fourth-order valence-corrected chi connectivity index (χ4v) is 2.45. The number of nitrogens with one attached hydrogen (secondary N) is 2. The maximum absolute atomic E-state index is 13.4. The third-order valence-electron chi connectivity index (χ3n) is 3.30. The molecule has 1 aliphatic heterocycles. The first-order chi connectivity index (χ1) is 10.1. The number of anilines is 2. The monoisotopic (exact) mass is 315 g/mol. The molecule has 0 spiro atoms. The molecule has 1 aromatic rings. The number of benzene rings is 1. The van der Waals surface area contributed by atoms with Gasteiger partial charge in [0.15, 0.2) is 0 Å². The summed E-state index contributed by atoms with van der Waals surface area (Å²) < 4.78 is 40.2. The topological polar surface area (TPSA) is 44.4 Å². The first-order valence-electron chi connectivity index (χ1n) is 7.05. The van der Waals surface area contributed by atoms with Gasteiger partial charge in [-0.25, -0.2) is 0 Å². The van der Waals surface area contributed by atoms with E-state index in [1.54, 1.807) is 45.0 Å². The van der Waals surface area contributed by atoms with Crippen molar-refractivity contribution in [2.45, 2.75) is 44.9 Å². The number of rotatable bonds is 3. The minimum Gasteiger partial charge on any atom is -0.366 e. The van der Waals surface area contributed by atoms with E-state index in [4.69, 9.17) is 0 Å². The van der Waals surface area contributed by atoms with Crippen LogP contribution < -0.4 is 15.5 Å². The molecule has 2 N–H and O–H groups in total. The summed E-state index contributed by atoms with van der Waals surface area (Å²) in [6.45, 7) is 5.24. The van der Waals surface area contributed by atoms with Crippen LogP contribution >= 0.6 is 0 Å². The van der Waals surface area contributed by atoms with E-state index in [1.807, 2.05) is 0 Å². The van der Waals surface area contributed by atoms with E-state index in [2.05, 4.69) is 10.6 Å². The second kappa shape index (κ2) is 5.70. The molecule has 1 aromatic carbocycles. The van der Waals surface area contributed by atoms with Gasteiger partial charge in [-0.15, -0.1) is 0 Å². The number of hydrogen-bond donors (Lipinski definition) is 2. The van der Waals surface area contributed by atoms with Crippen molar-refractivity contribution >= 4 is 17.3 Å². The molecular formula is C15H20F3N3O. The van der Waals surface area contributed by atoms with Crippen molar-refractivity contribution in [3.05, 3.63) is 24.3 Å². The largest absolute Gasteiger partial charge is 0.409 e. The summed E-state index contributed by atoms with van der Waals surface area (Å²) in [5.74, 6) is -0.612. The Bertz CT molecular complexity index is 552. The first kappa shape index (κ1) is 16.5. The van der Waals surface area contributed by atoms with E-state index in [9.17, 15) is 18.0 Å². The van der Waals surface area contributed by atoms with Crippen molar-refractivity contribution in [3.8, 4) is 0 Å². The highest BCUT2D eigenvalue weighted by Crippen LogP contribution is 2.38. The lowest BCUT2D eigenvalue weighted by atomic mass is 10.1. The summed E-state index contributed by atoms with van der Waals surface area (Å²) in [6.07, 6.45) is -5.12. The van der Waals surface area contributed by atoms with Crippen LogP contribution in [0.15, 0.2) is 24.3 Å². The SMILES string of the molecule is CC(C)(C)NC(=O)CC(N1CNc2ccccc21)C(F)(F)F. The van der Waals surface area contributed by atoms with Crippen molar-refractivity contribution in [1.82, 2.24) is 5.32 Å². The molecule has 7 heteroatoms. The van der Waals surface area contributed by atoms with Gasteiger partial charge in [0.2, 0.25) is 5.91 Å². The molecule has 1 heterocycles. The number of nitrogens with zero attached hydrogens (tertiary/aromatic N) is 1. The number of fused-ring (bicyclic) bond motifs is 1. The number of para-hydroxylation sites is 2. The minimum atomic E-state index is -4.49. The van der Waals surface area contributed by atoms with E-state index >= 15 is 0 Å². The molecule has 0 radical (unpaired) electrons. The lowest BCUT2D eigenvalue weighted by Crippen LogP contribution is -2.50. The van der Waals surface area contributed by atoms with Crippen molar-refractivity contribution in [2.24, 2.45) is 0 Å². The van der Waals surface area contributed by atoms with Crippen LogP contribution in [0.3, 0.4) is 0 Å². The summed E-state index contributed by atoms with van der Waals surface area (Å²) in [4.78, 5) is 13.1. The van der Waals surface area contributed by atoms with Gasteiger partial charge in [-0.2, -0.15) is 13.2 Å². The van der Waals surface area contributed by atoms with Crippen LogP contribution in [0.4, 0.5) is 24.5 Å². The zero-order valence-corrected chi connectivity index (χ0v) is 12.8. The van der Waals surface area contributed by atoms with Crippen LogP contribution in [0.25, 0.3) is 0 Å². The predicted octanol–water partition coefficient (Wildman–Crippen LogP) is 3.11. The number of carbonyl (C=O) groups is 1. The Morgan fingerprint density at radius 1 is 1.32 bits per heavy atom. The number of alkyl halides is 3. The molecule has 0 aromatic heterocycles. The predicted molar refractivity (Wildman–Crippen MR) is 79.8 cm³/mol. The molecule has 1 unspecified atom stereocenters. The van der Waals surface area contributed by atoms with Gasteiger partial charge in [-0.1, -0.05) is 12.1 Å². The summed E-state index contributed by atoms with van der Waals surface area (Å²) in [5, 5.41) is 5.50. The molecule has 1 amide bonds. The quantitative estimate of drug-likeness (QED) is 0.901. The number of hydrogen-bond acceptors (Lipinski definition) is 3. The number of halogens is 3. The highest BCUT2D eigenvalue weighted by molar-refractivity contribution is 5.80. The molecule has 0 aliphatic carbocycles. The van der Waals surface area contributed by atoms with Crippen LogP contribution in [-0.4, -0.2) is 30.3 Å². The second-order valence-corrected chi connectivity index (χ2v) is 6.38. The van der Waals surface area contributed by atoms with E-state index in [-0.39, 0.29) is 6.67 Å². The van der Waals surface area contributed by atoms with Gasteiger partial charge in [0.1, 0.15) is 6.04 Å². The Labute approximate surface area is 127 Å². The smallest absolute Gasteiger partial charge is 0.366 e. The number of amides is 1. The van der Waals surface area contributed by atoms with Gasteiger partial charge in [0.25, 0.3) is 0 Å². The molecule has 1 atom stereocenters. The van der Waals surface area contributed by atoms with Crippen molar-refractivity contribution in [2.75, 3.05) is 16.9 Å². The highest BCUT2D eigenvalue weighted by Gasteiger charge is 2.46. The Hall–Kier alpha value is -1.92. The summed E-state index contributed by atoms with van der Waals surface area (Å²) >= 11 is 0. The average molecular weight is 315 g/mol. The Balaban J connectivity index is 2.20. The van der Waals surface area contributed by atoms with Crippen LogP contribution in [-0.2, 0) is 4.79 Å². The van der Waals surface area contributed by atoms with Crippen LogP contribution in [0.2, 0.25) is 0 Å². The first-order valence-corrected chi connectivity index (χ1v) is 7.05. The maximum Gasteiger partial charge on any atom is 0.409 e. The van der Waals surface area contributed by atoms with Gasteiger partial charge >= 0.3 is 6.18 Å². The van der Waals surface area contributed by atoms with Crippen LogP contribution in [0.5, 0.6) is 0 Å². The normalized spacial score (nSPS) is 16.0. The van der Waals surface area contributed by atoms with E-state index in [0.717, 1.165) is 0 Å². The standard InChI is InChI=1S/C15H20F3N3O/c1-14(2,3)20-13(22)8-12(15(16,17)18)21-9-19-10-6-4-5-7-11(10)21/h4-7,12,19H,8-9H2,1-3H3,(H,20,22). The molecule has 0 bridgehead atoms. The van der Waals surface area contributed by atoms with E-state index < -0.39 is 30.1 Å². The molecule has 0 saturated carbocycles. The van der Waals surface area contributed by atoms with Crippen LogP contribution in [0.1, 0.15) is 27.2 Å². The summed E-state index contributed by atoms with van der Waals surface area (Å²) in [6, 6.07) is 4.92. The molecule has 0 fully saturated rings. The molecular weight excluding hydrogens is 295 g/mol. The lowest BCUT2D eigenvalue weighted by Gasteiger charge is -2.31.